The van der Waals surface area contributed by atoms with Crippen LogP contribution in [-0.2, 0) is 16.6 Å². The molecule has 0 bridgehead atoms. The molecule has 1 amide bonds. The van der Waals surface area contributed by atoms with Gasteiger partial charge in [-0.05, 0) is 31.9 Å². The number of aromatic nitrogens is 1. The summed E-state index contributed by atoms with van der Waals surface area (Å²) in [5.41, 5.74) is -0.388. The molecule has 1 aromatic heterocycles. The van der Waals surface area contributed by atoms with E-state index in [1.54, 1.807) is 43.9 Å². The van der Waals surface area contributed by atoms with Gasteiger partial charge < -0.3 is 14.2 Å². The van der Waals surface area contributed by atoms with E-state index in [-0.39, 0.29) is 5.91 Å². The Labute approximate surface area is 136 Å². The minimum atomic E-state index is -0.922. The van der Waals surface area contributed by atoms with Crippen LogP contribution < -0.4 is 0 Å². The number of nitrogens with zero attached hydrogens (tertiary/aromatic N) is 3. The van der Waals surface area contributed by atoms with Gasteiger partial charge in [0.25, 0.3) is 5.91 Å². The second kappa shape index (κ2) is 6.86. The van der Waals surface area contributed by atoms with Crippen LogP contribution in [0.15, 0.2) is 18.3 Å². The standard InChI is InChI=1S/C17H23N3O3/c1-13(23-16(22)14-8-7-11-19(14)2)15(21)20(3)17(12-18)9-5-4-6-10-17/h7-8,11,13H,4-6,9-10H2,1-3H3/t13-/m1/s1. The van der Waals surface area contributed by atoms with E-state index in [1.165, 1.54) is 4.90 Å². The molecule has 0 saturated heterocycles. The minimum absolute atomic E-state index is 0.337. The van der Waals surface area contributed by atoms with Gasteiger partial charge in [0.05, 0.1) is 6.07 Å². The number of hydrogen-bond donors (Lipinski definition) is 0. The third-order valence-electron chi connectivity index (χ3n) is 4.65. The highest BCUT2D eigenvalue weighted by Gasteiger charge is 2.40. The van der Waals surface area contributed by atoms with E-state index in [9.17, 15) is 14.9 Å². The topological polar surface area (TPSA) is 75.3 Å². The van der Waals surface area contributed by atoms with Crippen LogP contribution >= 0.6 is 0 Å². The Morgan fingerprint density at radius 3 is 2.57 bits per heavy atom. The van der Waals surface area contributed by atoms with Gasteiger partial charge in [-0.1, -0.05) is 19.3 Å². The van der Waals surface area contributed by atoms with Crippen LogP contribution in [0.3, 0.4) is 0 Å². The maximum atomic E-state index is 12.6. The van der Waals surface area contributed by atoms with E-state index < -0.39 is 17.6 Å². The van der Waals surface area contributed by atoms with E-state index >= 15 is 0 Å². The molecule has 1 heterocycles. The highest BCUT2D eigenvalue weighted by atomic mass is 16.5. The molecule has 6 heteroatoms. The molecule has 1 aliphatic carbocycles. The SMILES string of the molecule is C[C@@H](OC(=O)c1cccn1C)C(=O)N(C)C1(C#N)CCCCC1. The summed E-state index contributed by atoms with van der Waals surface area (Å²) in [7, 11) is 3.37. The molecule has 23 heavy (non-hydrogen) atoms. The van der Waals surface area contributed by atoms with Crippen molar-refractivity contribution < 1.29 is 14.3 Å². The number of esters is 1. The first-order chi connectivity index (χ1) is 10.9. The van der Waals surface area contributed by atoms with Crippen molar-refractivity contribution in [3.8, 4) is 6.07 Å². The predicted octanol–water partition coefficient (Wildman–Crippen LogP) is 2.26. The fourth-order valence-corrected chi connectivity index (χ4v) is 3.09. The number of rotatable bonds is 4. The number of ether oxygens (including phenoxy) is 1. The lowest BCUT2D eigenvalue weighted by atomic mass is 9.81. The first-order valence-corrected chi connectivity index (χ1v) is 7.92. The number of carbonyl (C=O) groups is 2. The Kier molecular flexibility index (Phi) is 5.09. The third kappa shape index (κ3) is 3.39. The molecule has 6 nitrogen and oxygen atoms in total. The summed E-state index contributed by atoms with van der Waals surface area (Å²) in [4.78, 5) is 26.2. The Balaban J connectivity index is 2.05. The maximum absolute atomic E-state index is 12.6. The number of likely N-dealkylation sites (N-methyl/N-ethyl adjacent to an activating group) is 1. The summed E-state index contributed by atoms with van der Waals surface area (Å²) in [5.74, 6) is -0.877. The lowest BCUT2D eigenvalue weighted by Gasteiger charge is -2.39. The number of hydrogen-bond acceptors (Lipinski definition) is 4. The number of aryl methyl sites for hydroxylation is 1. The zero-order chi connectivity index (χ0) is 17.0. The molecule has 2 rings (SSSR count). The lowest BCUT2D eigenvalue weighted by Crippen LogP contribution is -2.53. The van der Waals surface area contributed by atoms with Crippen molar-refractivity contribution in [3.63, 3.8) is 0 Å². The van der Waals surface area contributed by atoms with Crippen molar-refractivity contribution in [2.45, 2.75) is 50.7 Å². The molecule has 1 aromatic rings. The fraction of sp³-hybridized carbons (Fsp3) is 0.588. The first kappa shape index (κ1) is 17.1. The first-order valence-electron chi connectivity index (χ1n) is 7.92. The molecule has 0 aliphatic heterocycles. The average molecular weight is 317 g/mol. The van der Waals surface area contributed by atoms with Crippen LogP contribution in [0.1, 0.15) is 49.5 Å². The van der Waals surface area contributed by atoms with Gasteiger partial charge in [-0.3, -0.25) is 4.79 Å². The monoisotopic (exact) mass is 317 g/mol. The van der Waals surface area contributed by atoms with Gasteiger partial charge in [0.1, 0.15) is 11.2 Å². The van der Waals surface area contributed by atoms with Crippen molar-refractivity contribution in [2.75, 3.05) is 7.05 Å². The summed E-state index contributed by atoms with van der Waals surface area (Å²) < 4.78 is 6.92. The van der Waals surface area contributed by atoms with Gasteiger partial charge in [-0.2, -0.15) is 5.26 Å². The Morgan fingerprint density at radius 1 is 1.39 bits per heavy atom. The average Bonchev–Trinajstić information content (AvgIpc) is 3.00. The molecular weight excluding hydrogens is 294 g/mol. The van der Waals surface area contributed by atoms with Crippen molar-refractivity contribution in [1.82, 2.24) is 9.47 Å². The van der Waals surface area contributed by atoms with E-state index in [0.29, 0.717) is 18.5 Å². The quantitative estimate of drug-likeness (QED) is 0.798. The van der Waals surface area contributed by atoms with Gasteiger partial charge in [0.15, 0.2) is 6.10 Å². The zero-order valence-electron chi connectivity index (χ0n) is 13.9. The third-order valence-corrected chi connectivity index (χ3v) is 4.65. The number of nitriles is 1. The summed E-state index contributed by atoms with van der Waals surface area (Å²) in [6.07, 6.45) is 5.11. The summed E-state index contributed by atoms with van der Waals surface area (Å²) in [6.45, 7) is 1.55. The minimum Gasteiger partial charge on any atom is -0.448 e. The molecule has 0 radical (unpaired) electrons. The van der Waals surface area contributed by atoms with Gasteiger partial charge >= 0.3 is 5.97 Å². The Morgan fingerprint density at radius 2 is 2.04 bits per heavy atom. The highest BCUT2D eigenvalue weighted by molar-refractivity contribution is 5.91. The smallest absolute Gasteiger partial charge is 0.355 e. The van der Waals surface area contributed by atoms with Gasteiger partial charge in [-0.15, -0.1) is 0 Å². The van der Waals surface area contributed by atoms with Crippen LogP contribution in [0, 0.1) is 11.3 Å². The van der Waals surface area contributed by atoms with E-state index in [1.807, 2.05) is 0 Å². The number of amides is 1. The summed E-state index contributed by atoms with van der Waals surface area (Å²) >= 11 is 0. The van der Waals surface area contributed by atoms with Crippen LogP contribution in [-0.4, -0.2) is 40.0 Å². The highest BCUT2D eigenvalue weighted by Crippen LogP contribution is 2.32. The van der Waals surface area contributed by atoms with Crippen molar-refractivity contribution in [1.29, 1.82) is 5.26 Å². The molecule has 1 atom stereocenters. The molecular formula is C17H23N3O3. The maximum Gasteiger partial charge on any atom is 0.355 e. The van der Waals surface area contributed by atoms with Crippen molar-refractivity contribution >= 4 is 11.9 Å². The van der Waals surface area contributed by atoms with Crippen molar-refractivity contribution in [3.05, 3.63) is 24.0 Å². The summed E-state index contributed by atoms with van der Waals surface area (Å²) in [5, 5.41) is 9.56. The molecule has 124 valence electrons. The van der Waals surface area contributed by atoms with Crippen LogP contribution in [0.25, 0.3) is 0 Å². The molecule has 1 aliphatic rings. The Hall–Kier alpha value is -2.29. The van der Waals surface area contributed by atoms with Crippen LogP contribution in [0.2, 0.25) is 0 Å². The van der Waals surface area contributed by atoms with E-state index in [0.717, 1.165) is 19.3 Å². The molecule has 0 spiro atoms. The molecule has 0 unspecified atom stereocenters. The normalized spacial score (nSPS) is 17.8. The molecule has 0 N–H and O–H groups in total. The van der Waals surface area contributed by atoms with Crippen LogP contribution in [0.5, 0.6) is 0 Å². The second-order valence-corrected chi connectivity index (χ2v) is 6.15. The fourth-order valence-electron chi connectivity index (χ4n) is 3.09. The predicted molar refractivity (Wildman–Crippen MR) is 84.5 cm³/mol. The summed E-state index contributed by atoms with van der Waals surface area (Å²) in [6, 6.07) is 5.68. The van der Waals surface area contributed by atoms with Crippen molar-refractivity contribution in [2.24, 2.45) is 7.05 Å². The largest absolute Gasteiger partial charge is 0.448 e. The molecule has 1 fully saturated rings. The number of carbonyl (C=O) groups excluding carboxylic acids is 2. The van der Waals surface area contributed by atoms with Gasteiger partial charge in [0, 0.05) is 20.3 Å². The van der Waals surface area contributed by atoms with E-state index in [2.05, 4.69) is 6.07 Å². The molecule has 1 saturated carbocycles. The zero-order valence-corrected chi connectivity index (χ0v) is 13.9. The lowest BCUT2D eigenvalue weighted by molar-refractivity contribution is -0.143. The Bertz CT molecular complexity index is 623. The van der Waals surface area contributed by atoms with Gasteiger partial charge in [-0.25, -0.2) is 4.79 Å². The molecule has 0 aromatic carbocycles. The van der Waals surface area contributed by atoms with Gasteiger partial charge in [0.2, 0.25) is 0 Å². The van der Waals surface area contributed by atoms with Crippen LogP contribution in [0.4, 0.5) is 0 Å². The van der Waals surface area contributed by atoms with E-state index in [4.69, 9.17) is 4.74 Å². The second-order valence-electron chi connectivity index (χ2n) is 6.15.